The molecule has 0 spiro atoms. The summed E-state index contributed by atoms with van der Waals surface area (Å²) in [6, 6.07) is 8.67. The van der Waals surface area contributed by atoms with E-state index in [9.17, 15) is 18.0 Å². The molecule has 25 heavy (non-hydrogen) atoms. The van der Waals surface area contributed by atoms with Gasteiger partial charge < -0.3 is 9.72 Å². The first-order valence-electron chi connectivity index (χ1n) is 7.66. The Balaban J connectivity index is 1.88. The molecule has 0 bridgehead atoms. The lowest BCUT2D eigenvalue weighted by molar-refractivity contribution is -0.137. The Kier molecular flexibility index (Phi) is 4.24. The number of hydrogen-bond donors (Lipinski definition) is 1. The van der Waals surface area contributed by atoms with Gasteiger partial charge in [0, 0.05) is 6.20 Å². The van der Waals surface area contributed by atoms with Crippen LogP contribution in [0.25, 0.3) is 5.65 Å². The van der Waals surface area contributed by atoms with E-state index in [1.807, 2.05) is 19.1 Å². The molecule has 0 radical (unpaired) electrons. The third kappa shape index (κ3) is 3.35. The van der Waals surface area contributed by atoms with E-state index >= 15 is 0 Å². The Morgan fingerprint density at radius 3 is 2.60 bits per heavy atom. The molecule has 3 aromatic rings. The first-order valence-corrected chi connectivity index (χ1v) is 7.66. The molecule has 0 atom stereocenters. The lowest BCUT2D eigenvalue weighted by Crippen LogP contribution is -2.19. The number of aryl methyl sites for hydroxylation is 2. The molecule has 0 aliphatic heterocycles. The Morgan fingerprint density at radius 1 is 1.16 bits per heavy atom. The summed E-state index contributed by atoms with van der Waals surface area (Å²) in [5.41, 5.74) is 1.91. The standard InChI is InChI=1S/C18H16F3N3O/c1-11-6-5-9-24-15(12(2)22-17(11)24)10-16(25)23-14-8-4-3-7-13(14)18(19,20)21/h3-9H,10H2,1-2H3,(H,23,25). The Bertz CT molecular complexity index is 944. The molecule has 4 nitrogen and oxygen atoms in total. The fraction of sp³-hybridized carbons (Fsp3) is 0.222. The zero-order chi connectivity index (χ0) is 18.2. The lowest BCUT2D eigenvalue weighted by Gasteiger charge is -2.13. The molecule has 0 saturated carbocycles. The van der Waals surface area contributed by atoms with Crippen molar-refractivity contribution in [3.05, 3.63) is 65.1 Å². The number of carbonyl (C=O) groups excluding carboxylic acids is 1. The second kappa shape index (κ2) is 6.23. The number of benzene rings is 1. The first-order chi connectivity index (χ1) is 11.8. The van der Waals surface area contributed by atoms with Gasteiger partial charge in [0.25, 0.3) is 0 Å². The number of pyridine rings is 1. The van der Waals surface area contributed by atoms with Crippen LogP contribution in [0.4, 0.5) is 18.9 Å². The van der Waals surface area contributed by atoms with Crippen molar-refractivity contribution < 1.29 is 18.0 Å². The third-order valence-corrected chi connectivity index (χ3v) is 3.98. The monoisotopic (exact) mass is 347 g/mol. The van der Waals surface area contributed by atoms with Gasteiger partial charge in [-0.1, -0.05) is 18.2 Å². The van der Waals surface area contributed by atoms with Crippen LogP contribution in [0.15, 0.2) is 42.6 Å². The predicted molar refractivity (Wildman–Crippen MR) is 88.4 cm³/mol. The van der Waals surface area contributed by atoms with E-state index in [1.54, 1.807) is 17.5 Å². The zero-order valence-electron chi connectivity index (χ0n) is 13.7. The maximum atomic E-state index is 13.0. The van der Waals surface area contributed by atoms with Gasteiger partial charge in [0.15, 0.2) is 0 Å². The number of alkyl halides is 3. The molecule has 0 aliphatic rings. The summed E-state index contributed by atoms with van der Waals surface area (Å²) in [5.74, 6) is -0.525. The van der Waals surface area contributed by atoms with Gasteiger partial charge in [0.05, 0.1) is 29.1 Å². The van der Waals surface area contributed by atoms with E-state index in [2.05, 4.69) is 10.3 Å². The number of amides is 1. The van der Waals surface area contributed by atoms with Gasteiger partial charge in [-0.3, -0.25) is 4.79 Å². The summed E-state index contributed by atoms with van der Waals surface area (Å²) in [7, 11) is 0. The number of nitrogens with one attached hydrogen (secondary N) is 1. The quantitative estimate of drug-likeness (QED) is 0.774. The molecule has 2 heterocycles. The number of imidazole rings is 1. The molecule has 0 aliphatic carbocycles. The summed E-state index contributed by atoms with van der Waals surface area (Å²) in [5, 5.41) is 2.36. The molecule has 3 rings (SSSR count). The Hall–Kier alpha value is -2.83. The highest BCUT2D eigenvalue weighted by Gasteiger charge is 2.33. The molecule has 0 saturated heterocycles. The van der Waals surface area contributed by atoms with Crippen LogP contribution in [0.2, 0.25) is 0 Å². The van der Waals surface area contributed by atoms with Gasteiger partial charge in [0.1, 0.15) is 5.65 Å². The van der Waals surface area contributed by atoms with Crippen LogP contribution in [-0.2, 0) is 17.4 Å². The van der Waals surface area contributed by atoms with Gasteiger partial charge in [-0.2, -0.15) is 13.2 Å². The smallest absolute Gasteiger partial charge is 0.325 e. The van der Waals surface area contributed by atoms with E-state index in [0.717, 1.165) is 17.3 Å². The third-order valence-electron chi connectivity index (χ3n) is 3.98. The van der Waals surface area contributed by atoms with Gasteiger partial charge in [0.2, 0.25) is 5.91 Å². The molecule has 1 N–H and O–H groups in total. The van der Waals surface area contributed by atoms with Crippen molar-refractivity contribution in [2.24, 2.45) is 0 Å². The number of carbonyl (C=O) groups is 1. The summed E-state index contributed by atoms with van der Waals surface area (Å²) < 4.78 is 40.9. The molecule has 1 aromatic carbocycles. The minimum Gasteiger partial charge on any atom is -0.325 e. The zero-order valence-corrected chi connectivity index (χ0v) is 13.7. The fourth-order valence-corrected chi connectivity index (χ4v) is 2.76. The van der Waals surface area contributed by atoms with Crippen LogP contribution in [0, 0.1) is 13.8 Å². The van der Waals surface area contributed by atoms with E-state index in [-0.39, 0.29) is 12.1 Å². The van der Waals surface area contributed by atoms with E-state index < -0.39 is 17.6 Å². The van der Waals surface area contributed by atoms with Gasteiger partial charge in [-0.25, -0.2) is 4.98 Å². The molecule has 1 amide bonds. The molecular weight excluding hydrogens is 331 g/mol. The Morgan fingerprint density at radius 2 is 1.88 bits per heavy atom. The van der Waals surface area contributed by atoms with Gasteiger partial charge in [-0.15, -0.1) is 0 Å². The average Bonchev–Trinajstić information content (AvgIpc) is 2.85. The highest BCUT2D eigenvalue weighted by Crippen LogP contribution is 2.34. The highest BCUT2D eigenvalue weighted by atomic mass is 19.4. The van der Waals surface area contributed by atoms with Crippen LogP contribution < -0.4 is 5.32 Å². The predicted octanol–water partition coefficient (Wildman–Crippen LogP) is 4.15. The Labute approximate surface area is 142 Å². The number of rotatable bonds is 3. The van der Waals surface area contributed by atoms with Crippen LogP contribution >= 0.6 is 0 Å². The van der Waals surface area contributed by atoms with Crippen molar-refractivity contribution >= 4 is 17.2 Å². The maximum absolute atomic E-state index is 13.0. The maximum Gasteiger partial charge on any atom is 0.418 e. The minimum atomic E-state index is -4.53. The number of hydrogen-bond acceptors (Lipinski definition) is 2. The molecule has 2 aromatic heterocycles. The van der Waals surface area contributed by atoms with Crippen LogP contribution in [-0.4, -0.2) is 15.3 Å². The summed E-state index contributed by atoms with van der Waals surface area (Å²) in [6.07, 6.45) is -2.81. The SMILES string of the molecule is Cc1nc2c(C)cccn2c1CC(=O)Nc1ccccc1C(F)(F)F. The van der Waals surface area contributed by atoms with Gasteiger partial charge >= 0.3 is 6.18 Å². The van der Waals surface area contributed by atoms with Crippen molar-refractivity contribution in [3.8, 4) is 0 Å². The van der Waals surface area contributed by atoms with Crippen LogP contribution in [0.5, 0.6) is 0 Å². The van der Waals surface area contributed by atoms with E-state index in [1.165, 1.54) is 18.2 Å². The summed E-state index contributed by atoms with van der Waals surface area (Å²) >= 11 is 0. The minimum absolute atomic E-state index is 0.0668. The molecule has 130 valence electrons. The molecule has 0 unspecified atom stereocenters. The topological polar surface area (TPSA) is 46.4 Å². The van der Waals surface area contributed by atoms with Crippen molar-refractivity contribution in [3.63, 3.8) is 0 Å². The van der Waals surface area contributed by atoms with Crippen LogP contribution in [0.1, 0.15) is 22.5 Å². The summed E-state index contributed by atoms with van der Waals surface area (Å²) in [6.45, 7) is 3.68. The highest BCUT2D eigenvalue weighted by molar-refractivity contribution is 5.93. The van der Waals surface area contributed by atoms with Gasteiger partial charge in [-0.05, 0) is 37.6 Å². The lowest BCUT2D eigenvalue weighted by atomic mass is 10.1. The number of para-hydroxylation sites is 1. The number of anilines is 1. The number of fused-ring (bicyclic) bond motifs is 1. The van der Waals surface area contributed by atoms with E-state index in [4.69, 9.17) is 0 Å². The van der Waals surface area contributed by atoms with Crippen molar-refractivity contribution in [1.29, 1.82) is 0 Å². The normalized spacial score (nSPS) is 11.7. The molecule has 7 heteroatoms. The van der Waals surface area contributed by atoms with Crippen LogP contribution in [0.3, 0.4) is 0 Å². The summed E-state index contributed by atoms with van der Waals surface area (Å²) in [4.78, 5) is 16.8. The largest absolute Gasteiger partial charge is 0.418 e. The number of halogens is 3. The fourth-order valence-electron chi connectivity index (χ4n) is 2.76. The molecule has 0 fully saturated rings. The first kappa shape index (κ1) is 17.0. The van der Waals surface area contributed by atoms with Crippen molar-refractivity contribution in [2.45, 2.75) is 26.4 Å². The second-order valence-electron chi connectivity index (χ2n) is 5.80. The van der Waals surface area contributed by atoms with E-state index in [0.29, 0.717) is 11.4 Å². The molecular formula is C18H16F3N3O. The van der Waals surface area contributed by atoms with Crippen molar-refractivity contribution in [1.82, 2.24) is 9.38 Å². The average molecular weight is 347 g/mol. The number of nitrogens with zero attached hydrogens (tertiary/aromatic N) is 2. The number of aromatic nitrogens is 2. The second-order valence-corrected chi connectivity index (χ2v) is 5.80. The van der Waals surface area contributed by atoms with Crippen molar-refractivity contribution in [2.75, 3.05) is 5.32 Å².